The van der Waals surface area contributed by atoms with Crippen molar-refractivity contribution in [2.45, 2.75) is 6.92 Å². The molecule has 0 N–H and O–H groups in total. The van der Waals surface area contributed by atoms with Gasteiger partial charge < -0.3 is 0 Å². The van der Waals surface area contributed by atoms with Gasteiger partial charge in [0.1, 0.15) is 6.29 Å². The molecule has 0 fully saturated rings. The second-order valence-corrected chi connectivity index (χ2v) is 4.14. The number of carbonyl (C=O) groups is 1. The zero-order valence-corrected chi connectivity index (χ0v) is 9.66. The lowest BCUT2D eigenvalue weighted by molar-refractivity contribution is 0.112. The van der Waals surface area contributed by atoms with Crippen LogP contribution < -0.4 is 0 Å². The van der Waals surface area contributed by atoms with Crippen molar-refractivity contribution >= 4 is 17.9 Å². The molecule has 0 unspecified atom stereocenters. The molecule has 1 nitrogen and oxygen atoms in total. The van der Waals surface area contributed by atoms with Gasteiger partial charge in [-0.25, -0.2) is 0 Å². The first kappa shape index (κ1) is 10.9. The summed E-state index contributed by atoms with van der Waals surface area (Å²) in [6.07, 6.45) is 0.855. The Hall–Kier alpha value is -1.60. The van der Waals surface area contributed by atoms with Crippen molar-refractivity contribution in [1.82, 2.24) is 0 Å². The molecule has 0 aliphatic rings. The van der Waals surface area contributed by atoms with Crippen molar-refractivity contribution in [3.05, 3.63) is 58.6 Å². The zero-order valence-electron chi connectivity index (χ0n) is 8.91. The average molecular weight is 231 g/mol. The highest BCUT2D eigenvalue weighted by atomic mass is 35.5. The summed E-state index contributed by atoms with van der Waals surface area (Å²) in [7, 11) is 0. The van der Waals surface area contributed by atoms with Crippen molar-refractivity contribution in [2.24, 2.45) is 0 Å². The van der Waals surface area contributed by atoms with Gasteiger partial charge in [-0.3, -0.25) is 4.79 Å². The summed E-state index contributed by atoms with van der Waals surface area (Å²) in [6.45, 7) is 1.97. The van der Waals surface area contributed by atoms with E-state index in [4.69, 9.17) is 11.6 Å². The number of aryl methyl sites for hydroxylation is 1. The van der Waals surface area contributed by atoms with Crippen LogP contribution >= 0.6 is 11.6 Å². The second-order valence-electron chi connectivity index (χ2n) is 3.73. The lowest BCUT2D eigenvalue weighted by Gasteiger charge is -2.06. The quantitative estimate of drug-likeness (QED) is 0.709. The molecule has 2 aromatic rings. The highest BCUT2D eigenvalue weighted by Gasteiger charge is 2.04. The highest BCUT2D eigenvalue weighted by molar-refractivity contribution is 6.33. The lowest BCUT2D eigenvalue weighted by atomic mass is 10.0. The minimum Gasteiger partial charge on any atom is -0.298 e. The first-order chi connectivity index (χ1) is 7.70. The smallest absolute Gasteiger partial charge is 0.150 e. The minimum absolute atomic E-state index is 0.676. The Bertz CT molecular complexity index is 532. The largest absolute Gasteiger partial charge is 0.298 e. The summed E-state index contributed by atoms with van der Waals surface area (Å²) in [5.74, 6) is 0. The molecule has 0 amide bonds. The highest BCUT2D eigenvalue weighted by Crippen LogP contribution is 2.28. The zero-order chi connectivity index (χ0) is 11.5. The Morgan fingerprint density at radius 1 is 1.12 bits per heavy atom. The van der Waals surface area contributed by atoms with Crippen LogP contribution in [0.2, 0.25) is 5.02 Å². The van der Waals surface area contributed by atoms with E-state index in [-0.39, 0.29) is 0 Å². The van der Waals surface area contributed by atoms with E-state index in [0.717, 1.165) is 23.0 Å². The third-order valence-corrected chi connectivity index (χ3v) is 2.75. The summed E-state index contributed by atoms with van der Waals surface area (Å²) in [5, 5.41) is 0.699. The lowest BCUT2D eigenvalue weighted by Crippen LogP contribution is -1.86. The molecule has 0 aliphatic heterocycles. The van der Waals surface area contributed by atoms with Crippen molar-refractivity contribution in [1.29, 1.82) is 0 Å². The van der Waals surface area contributed by atoms with E-state index in [1.165, 1.54) is 0 Å². The molecular weight excluding hydrogens is 220 g/mol. The SMILES string of the molecule is Cc1cc(C=O)cc(-c2ccccc2Cl)c1. The van der Waals surface area contributed by atoms with E-state index >= 15 is 0 Å². The maximum atomic E-state index is 10.8. The molecule has 2 aromatic carbocycles. The summed E-state index contributed by atoms with van der Waals surface area (Å²) >= 11 is 6.12. The van der Waals surface area contributed by atoms with Crippen molar-refractivity contribution < 1.29 is 4.79 Å². The maximum absolute atomic E-state index is 10.8. The Morgan fingerprint density at radius 3 is 2.56 bits per heavy atom. The average Bonchev–Trinajstić information content (AvgIpc) is 2.28. The fourth-order valence-corrected chi connectivity index (χ4v) is 1.98. The summed E-state index contributed by atoms with van der Waals surface area (Å²) < 4.78 is 0. The molecule has 80 valence electrons. The number of hydrogen-bond donors (Lipinski definition) is 0. The molecule has 2 rings (SSSR count). The van der Waals surface area contributed by atoms with Crippen LogP contribution in [0.3, 0.4) is 0 Å². The van der Waals surface area contributed by atoms with Crippen LogP contribution in [-0.2, 0) is 0 Å². The maximum Gasteiger partial charge on any atom is 0.150 e. The number of rotatable bonds is 2. The first-order valence-electron chi connectivity index (χ1n) is 5.02. The van der Waals surface area contributed by atoms with Crippen LogP contribution in [0.25, 0.3) is 11.1 Å². The van der Waals surface area contributed by atoms with Gasteiger partial charge in [-0.2, -0.15) is 0 Å². The molecule has 0 atom stereocenters. The number of benzene rings is 2. The third kappa shape index (κ3) is 2.15. The molecule has 2 heteroatoms. The Balaban J connectivity index is 2.60. The molecule has 0 saturated carbocycles. The Kier molecular flexibility index (Phi) is 3.07. The molecule has 16 heavy (non-hydrogen) atoms. The standard InChI is InChI=1S/C14H11ClO/c1-10-6-11(9-16)8-12(7-10)13-4-2-3-5-14(13)15/h2-9H,1H3. The summed E-state index contributed by atoms with van der Waals surface area (Å²) in [6, 6.07) is 13.3. The van der Waals surface area contributed by atoms with Gasteiger partial charge in [-0.05, 0) is 36.2 Å². The van der Waals surface area contributed by atoms with Gasteiger partial charge in [0.25, 0.3) is 0 Å². The third-order valence-electron chi connectivity index (χ3n) is 2.42. The number of aldehydes is 1. The number of halogens is 1. The Morgan fingerprint density at radius 2 is 1.88 bits per heavy atom. The topological polar surface area (TPSA) is 17.1 Å². The molecule has 0 aromatic heterocycles. The predicted octanol–water partition coefficient (Wildman–Crippen LogP) is 4.13. The van der Waals surface area contributed by atoms with E-state index in [0.29, 0.717) is 10.6 Å². The molecule has 0 heterocycles. The van der Waals surface area contributed by atoms with Gasteiger partial charge in [0.2, 0.25) is 0 Å². The fraction of sp³-hybridized carbons (Fsp3) is 0.0714. The summed E-state index contributed by atoms with van der Waals surface area (Å²) in [5.41, 5.74) is 3.66. The van der Waals surface area contributed by atoms with E-state index < -0.39 is 0 Å². The van der Waals surface area contributed by atoms with Gasteiger partial charge in [-0.1, -0.05) is 35.9 Å². The van der Waals surface area contributed by atoms with Crippen molar-refractivity contribution in [3.63, 3.8) is 0 Å². The molecular formula is C14H11ClO. The summed E-state index contributed by atoms with van der Waals surface area (Å²) in [4.78, 5) is 10.8. The normalized spacial score (nSPS) is 10.1. The minimum atomic E-state index is 0.676. The molecule has 0 saturated heterocycles. The molecule has 0 radical (unpaired) electrons. The fourth-order valence-electron chi connectivity index (χ4n) is 1.73. The molecule has 0 bridgehead atoms. The van der Waals surface area contributed by atoms with Crippen LogP contribution in [0.15, 0.2) is 42.5 Å². The van der Waals surface area contributed by atoms with E-state index in [9.17, 15) is 4.79 Å². The van der Waals surface area contributed by atoms with Gasteiger partial charge in [0, 0.05) is 16.1 Å². The Labute approximate surface area is 99.7 Å². The second kappa shape index (κ2) is 4.50. The van der Waals surface area contributed by atoms with Gasteiger partial charge in [0.05, 0.1) is 0 Å². The van der Waals surface area contributed by atoms with Crippen molar-refractivity contribution in [3.8, 4) is 11.1 Å². The first-order valence-corrected chi connectivity index (χ1v) is 5.40. The van der Waals surface area contributed by atoms with Gasteiger partial charge in [0.15, 0.2) is 0 Å². The van der Waals surface area contributed by atoms with E-state index in [1.807, 2.05) is 49.4 Å². The number of hydrogen-bond acceptors (Lipinski definition) is 1. The van der Waals surface area contributed by atoms with Gasteiger partial charge >= 0.3 is 0 Å². The van der Waals surface area contributed by atoms with Crippen LogP contribution in [0, 0.1) is 6.92 Å². The van der Waals surface area contributed by atoms with E-state index in [2.05, 4.69) is 0 Å². The molecule has 0 aliphatic carbocycles. The number of carbonyl (C=O) groups excluding carboxylic acids is 1. The van der Waals surface area contributed by atoms with Crippen LogP contribution in [0.5, 0.6) is 0 Å². The predicted molar refractivity (Wildman–Crippen MR) is 67.0 cm³/mol. The van der Waals surface area contributed by atoms with Crippen molar-refractivity contribution in [2.75, 3.05) is 0 Å². The van der Waals surface area contributed by atoms with Gasteiger partial charge in [-0.15, -0.1) is 0 Å². The monoisotopic (exact) mass is 230 g/mol. The molecule has 0 spiro atoms. The van der Waals surface area contributed by atoms with E-state index in [1.54, 1.807) is 0 Å². The van der Waals surface area contributed by atoms with Crippen LogP contribution in [0.4, 0.5) is 0 Å². The van der Waals surface area contributed by atoms with Crippen LogP contribution in [0.1, 0.15) is 15.9 Å². The van der Waals surface area contributed by atoms with Crippen LogP contribution in [-0.4, -0.2) is 6.29 Å².